The molecule has 0 saturated heterocycles. The van der Waals surface area contributed by atoms with E-state index in [2.05, 4.69) is 28.2 Å². The zero-order chi connectivity index (χ0) is 14.8. The first-order chi connectivity index (χ1) is 9.69. The summed E-state index contributed by atoms with van der Waals surface area (Å²) in [4.78, 5) is 0. The highest BCUT2D eigenvalue weighted by Gasteiger charge is 2.10. The van der Waals surface area contributed by atoms with Crippen molar-refractivity contribution in [3.63, 3.8) is 0 Å². The monoisotopic (exact) mass is 343 g/mol. The molecule has 1 aromatic carbocycles. The van der Waals surface area contributed by atoms with Gasteiger partial charge in [-0.15, -0.1) is 0 Å². The Hall–Kier alpha value is -0.410. The van der Waals surface area contributed by atoms with E-state index in [1.54, 1.807) is 12.1 Å². The molecule has 0 aliphatic rings. The lowest BCUT2D eigenvalue weighted by Crippen LogP contribution is -2.16. The Balaban J connectivity index is 2.30. The molecule has 0 bridgehead atoms. The van der Waals surface area contributed by atoms with Gasteiger partial charge in [0.25, 0.3) is 0 Å². The second-order valence-electron chi connectivity index (χ2n) is 5.42. The smallest absolute Gasteiger partial charge is 0.137 e. The van der Waals surface area contributed by atoms with Crippen LogP contribution >= 0.6 is 15.9 Å². The number of benzene rings is 1. The van der Waals surface area contributed by atoms with Crippen LogP contribution in [0.4, 0.5) is 4.39 Å². The molecule has 1 atom stereocenters. The van der Waals surface area contributed by atoms with Crippen LogP contribution in [-0.4, -0.2) is 7.05 Å². The van der Waals surface area contributed by atoms with E-state index in [-0.39, 0.29) is 11.9 Å². The molecule has 114 valence electrons. The third-order valence-corrected chi connectivity index (χ3v) is 4.43. The predicted octanol–water partition coefficient (Wildman–Crippen LogP) is 5.99. The number of nitrogens with one attached hydrogen (secondary N) is 1. The molecule has 1 N–H and O–H groups in total. The number of halogens is 2. The highest BCUT2D eigenvalue weighted by atomic mass is 79.9. The third kappa shape index (κ3) is 6.36. The minimum atomic E-state index is -0.178. The molecule has 0 aliphatic carbocycles. The summed E-state index contributed by atoms with van der Waals surface area (Å²) >= 11 is 3.20. The summed E-state index contributed by atoms with van der Waals surface area (Å²) in [7, 11) is 1.95. The molecule has 1 rings (SSSR count). The van der Waals surface area contributed by atoms with Crippen molar-refractivity contribution in [2.45, 2.75) is 64.3 Å². The van der Waals surface area contributed by atoms with Gasteiger partial charge in [0.05, 0.1) is 4.47 Å². The highest BCUT2D eigenvalue weighted by Crippen LogP contribution is 2.24. The molecular weight excluding hydrogens is 317 g/mol. The van der Waals surface area contributed by atoms with Gasteiger partial charge in [-0.2, -0.15) is 0 Å². The molecule has 0 radical (unpaired) electrons. The minimum Gasteiger partial charge on any atom is -0.313 e. The molecule has 20 heavy (non-hydrogen) atoms. The molecule has 0 aliphatic heterocycles. The Labute approximate surface area is 131 Å². The lowest BCUT2D eigenvalue weighted by Gasteiger charge is -2.17. The van der Waals surface area contributed by atoms with Crippen molar-refractivity contribution in [1.29, 1.82) is 0 Å². The Kier molecular flexibility index (Phi) is 9.12. The van der Waals surface area contributed by atoms with Gasteiger partial charge in [-0.05, 0) is 47.1 Å². The topological polar surface area (TPSA) is 12.0 Å². The maximum absolute atomic E-state index is 13.6. The molecule has 0 spiro atoms. The van der Waals surface area contributed by atoms with Crippen LogP contribution in [0.5, 0.6) is 0 Å². The minimum absolute atomic E-state index is 0.178. The number of rotatable bonds is 10. The van der Waals surface area contributed by atoms with Crippen molar-refractivity contribution in [1.82, 2.24) is 5.32 Å². The lowest BCUT2D eigenvalue weighted by atomic mass is 9.99. The Morgan fingerprint density at radius 3 is 2.35 bits per heavy atom. The van der Waals surface area contributed by atoms with Crippen LogP contribution in [0.15, 0.2) is 22.7 Å². The fourth-order valence-electron chi connectivity index (χ4n) is 2.51. The van der Waals surface area contributed by atoms with Gasteiger partial charge in [-0.3, -0.25) is 0 Å². The van der Waals surface area contributed by atoms with E-state index in [0.717, 1.165) is 12.0 Å². The van der Waals surface area contributed by atoms with Gasteiger partial charge in [0.2, 0.25) is 0 Å². The Bertz CT molecular complexity index is 381. The van der Waals surface area contributed by atoms with Crippen LogP contribution in [-0.2, 0) is 0 Å². The van der Waals surface area contributed by atoms with Gasteiger partial charge < -0.3 is 5.32 Å². The van der Waals surface area contributed by atoms with Gasteiger partial charge >= 0.3 is 0 Å². The van der Waals surface area contributed by atoms with E-state index in [0.29, 0.717) is 4.47 Å². The van der Waals surface area contributed by atoms with Crippen LogP contribution in [0.1, 0.15) is 69.9 Å². The van der Waals surface area contributed by atoms with E-state index < -0.39 is 0 Å². The number of hydrogen-bond donors (Lipinski definition) is 1. The van der Waals surface area contributed by atoms with Crippen molar-refractivity contribution in [2.24, 2.45) is 0 Å². The standard InChI is InChI=1S/C17H27BrFN/c1-3-4-5-6-7-8-9-10-17(20-2)14-11-12-15(18)16(19)13-14/h11-13,17,20H,3-10H2,1-2H3. The van der Waals surface area contributed by atoms with E-state index in [1.165, 1.54) is 44.9 Å². The molecule has 1 nitrogen and oxygen atoms in total. The third-order valence-electron chi connectivity index (χ3n) is 3.79. The summed E-state index contributed by atoms with van der Waals surface area (Å²) in [6.07, 6.45) is 10.3. The quantitative estimate of drug-likeness (QED) is 0.514. The SMILES string of the molecule is CCCCCCCCCC(NC)c1ccc(Br)c(F)c1. The fraction of sp³-hybridized carbons (Fsp3) is 0.647. The largest absolute Gasteiger partial charge is 0.313 e. The normalized spacial score (nSPS) is 12.6. The number of unbranched alkanes of at least 4 members (excludes halogenated alkanes) is 6. The fourth-order valence-corrected chi connectivity index (χ4v) is 2.76. The first-order valence-electron chi connectivity index (χ1n) is 7.81. The van der Waals surface area contributed by atoms with Crippen molar-refractivity contribution in [2.75, 3.05) is 7.05 Å². The summed E-state index contributed by atoms with van der Waals surface area (Å²) in [5.41, 5.74) is 1.04. The van der Waals surface area contributed by atoms with Crippen molar-refractivity contribution < 1.29 is 4.39 Å². The molecule has 0 aromatic heterocycles. The maximum Gasteiger partial charge on any atom is 0.137 e. The van der Waals surface area contributed by atoms with E-state index in [9.17, 15) is 4.39 Å². The molecule has 1 aromatic rings. The van der Waals surface area contributed by atoms with Crippen LogP contribution in [0.3, 0.4) is 0 Å². The molecule has 0 heterocycles. The molecule has 1 unspecified atom stereocenters. The van der Waals surface area contributed by atoms with Crippen molar-refractivity contribution >= 4 is 15.9 Å². The first-order valence-corrected chi connectivity index (χ1v) is 8.60. The second kappa shape index (κ2) is 10.3. The molecule has 0 saturated carbocycles. The lowest BCUT2D eigenvalue weighted by molar-refractivity contribution is 0.493. The van der Waals surface area contributed by atoms with Gasteiger partial charge in [0.15, 0.2) is 0 Å². The van der Waals surface area contributed by atoms with Crippen molar-refractivity contribution in [3.05, 3.63) is 34.1 Å². The van der Waals surface area contributed by atoms with Gasteiger partial charge in [-0.25, -0.2) is 4.39 Å². The van der Waals surface area contributed by atoms with Gasteiger partial charge in [0.1, 0.15) is 5.82 Å². The van der Waals surface area contributed by atoms with E-state index in [4.69, 9.17) is 0 Å². The van der Waals surface area contributed by atoms with Gasteiger partial charge in [0, 0.05) is 6.04 Å². The van der Waals surface area contributed by atoms with Crippen LogP contribution in [0.2, 0.25) is 0 Å². The van der Waals surface area contributed by atoms with Crippen LogP contribution in [0.25, 0.3) is 0 Å². The Morgan fingerprint density at radius 1 is 1.10 bits per heavy atom. The number of hydrogen-bond acceptors (Lipinski definition) is 1. The van der Waals surface area contributed by atoms with Crippen molar-refractivity contribution in [3.8, 4) is 0 Å². The van der Waals surface area contributed by atoms with E-state index in [1.807, 2.05) is 13.1 Å². The zero-order valence-corrected chi connectivity index (χ0v) is 14.3. The first kappa shape index (κ1) is 17.6. The summed E-state index contributed by atoms with van der Waals surface area (Å²) in [6.45, 7) is 2.24. The zero-order valence-electron chi connectivity index (χ0n) is 12.7. The molecule has 0 amide bonds. The molecular formula is C17H27BrFN. The molecule has 0 fully saturated rings. The average molecular weight is 344 g/mol. The summed E-state index contributed by atoms with van der Waals surface area (Å²) in [6, 6.07) is 5.68. The van der Waals surface area contributed by atoms with E-state index >= 15 is 0 Å². The van der Waals surface area contributed by atoms with Gasteiger partial charge in [-0.1, -0.05) is 57.9 Å². The summed E-state index contributed by atoms with van der Waals surface area (Å²) in [5.74, 6) is -0.178. The summed E-state index contributed by atoms with van der Waals surface area (Å²) in [5, 5.41) is 3.29. The average Bonchev–Trinajstić information content (AvgIpc) is 2.45. The van der Waals surface area contributed by atoms with Crippen LogP contribution in [0, 0.1) is 5.82 Å². The summed E-state index contributed by atoms with van der Waals surface area (Å²) < 4.78 is 14.1. The maximum atomic E-state index is 13.6. The predicted molar refractivity (Wildman–Crippen MR) is 88.5 cm³/mol. The Morgan fingerprint density at radius 2 is 1.75 bits per heavy atom. The molecule has 3 heteroatoms. The highest BCUT2D eigenvalue weighted by molar-refractivity contribution is 9.10. The van der Waals surface area contributed by atoms with Crippen LogP contribution < -0.4 is 5.32 Å². The second-order valence-corrected chi connectivity index (χ2v) is 6.28.